The number of nitrogens with one attached hydrogen (secondary N) is 1. The Labute approximate surface area is 97.3 Å². The summed E-state index contributed by atoms with van der Waals surface area (Å²) in [5.74, 6) is 0. The molecule has 1 aromatic rings. The van der Waals surface area contributed by atoms with Crippen molar-refractivity contribution in [2.24, 2.45) is 0 Å². The molecule has 16 heavy (non-hydrogen) atoms. The maximum absolute atomic E-state index is 8.84. The van der Waals surface area contributed by atoms with Crippen LogP contribution in [-0.4, -0.2) is 36.3 Å². The van der Waals surface area contributed by atoms with E-state index >= 15 is 0 Å². The van der Waals surface area contributed by atoms with Gasteiger partial charge in [0.25, 0.3) is 0 Å². The van der Waals surface area contributed by atoms with Crippen molar-refractivity contribution < 1.29 is 5.11 Å². The Morgan fingerprint density at radius 2 is 2.19 bits per heavy atom. The Morgan fingerprint density at radius 1 is 1.38 bits per heavy atom. The number of hydrogen-bond donors (Lipinski definition) is 2. The Morgan fingerprint density at radius 3 is 2.81 bits per heavy atom. The topological polar surface area (TPSA) is 48.4 Å². The number of rotatable bonds is 7. The fourth-order valence-electron chi connectivity index (χ4n) is 1.63. The van der Waals surface area contributed by atoms with Crippen molar-refractivity contribution in [2.45, 2.75) is 20.3 Å². The standard InChI is InChI=1S/C12H21N3O/c1-3-14-11-8-12(10-13-9-11)15(4-2)6-5-7-16/h8-10,14,16H,3-7H2,1-2H3. The molecule has 0 spiro atoms. The van der Waals surface area contributed by atoms with E-state index in [0.717, 1.165) is 37.4 Å². The zero-order valence-electron chi connectivity index (χ0n) is 10.1. The summed E-state index contributed by atoms with van der Waals surface area (Å²) in [6, 6.07) is 2.09. The SMILES string of the molecule is CCNc1cncc(N(CC)CCCO)c1. The highest BCUT2D eigenvalue weighted by Gasteiger charge is 2.04. The minimum atomic E-state index is 0.233. The van der Waals surface area contributed by atoms with Crippen LogP contribution in [0, 0.1) is 0 Å². The Bertz CT molecular complexity index is 304. The molecule has 0 atom stereocenters. The van der Waals surface area contributed by atoms with Crippen LogP contribution in [0.15, 0.2) is 18.5 Å². The molecule has 0 fully saturated rings. The maximum atomic E-state index is 8.84. The predicted octanol–water partition coefficient (Wildman–Crippen LogP) is 1.72. The molecule has 0 aliphatic heterocycles. The summed E-state index contributed by atoms with van der Waals surface area (Å²) < 4.78 is 0. The van der Waals surface area contributed by atoms with Gasteiger partial charge in [-0.25, -0.2) is 0 Å². The summed E-state index contributed by atoms with van der Waals surface area (Å²) in [4.78, 5) is 6.43. The Balaban J connectivity index is 2.71. The van der Waals surface area contributed by atoms with Gasteiger partial charge in [0.2, 0.25) is 0 Å². The van der Waals surface area contributed by atoms with Gasteiger partial charge in [-0.1, -0.05) is 0 Å². The zero-order valence-corrected chi connectivity index (χ0v) is 10.1. The maximum Gasteiger partial charge on any atom is 0.0573 e. The molecule has 0 amide bonds. The van der Waals surface area contributed by atoms with Gasteiger partial charge in [-0.2, -0.15) is 0 Å². The first kappa shape index (κ1) is 12.8. The molecule has 4 nitrogen and oxygen atoms in total. The number of aliphatic hydroxyl groups excluding tert-OH is 1. The van der Waals surface area contributed by atoms with Crippen LogP contribution in [0.3, 0.4) is 0 Å². The van der Waals surface area contributed by atoms with E-state index < -0.39 is 0 Å². The molecule has 1 aromatic heterocycles. The van der Waals surface area contributed by atoms with E-state index in [2.05, 4.69) is 35.1 Å². The lowest BCUT2D eigenvalue weighted by atomic mass is 10.3. The van der Waals surface area contributed by atoms with Crippen LogP contribution >= 0.6 is 0 Å². The minimum absolute atomic E-state index is 0.233. The van der Waals surface area contributed by atoms with E-state index in [-0.39, 0.29) is 6.61 Å². The highest BCUT2D eigenvalue weighted by atomic mass is 16.3. The third-order valence-electron chi connectivity index (χ3n) is 2.44. The van der Waals surface area contributed by atoms with Crippen molar-refractivity contribution in [3.8, 4) is 0 Å². The highest BCUT2D eigenvalue weighted by molar-refractivity contribution is 5.55. The molecule has 0 unspecified atom stereocenters. The Kier molecular flexibility index (Phi) is 5.64. The van der Waals surface area contributed by atoms with Gasteiger partial charge in [-0.3, -0.25) is 4.98 Å². The monoisotopic (exact) mass is 223 g/mol. The van der Waals surface area contributed by atoms with Crippen LogP contribution in [0.1, 0.15) is 20.3 Å². The first-order chi connectivity index (χ1) is 7.81. The van der Waals surface area contributed by atoms with Crippen LogP contribution in [-0.2, 0) is 0 Å². The van der Waals surface area contributed by atoms with E-state index in [1.165, 1.54) is 0 Å². The van der Waals surface area contributed by atoms with Crippen LogP contribution in [0.4, 0.5) is 11.4 Å². The minimum Gasteiger partial charge on any atom is -0.396 e. The molecule has 0 aliphatic carbocycles. The molecule has 4 heteroatoms. The van der Waals surface area contributed by atoms with Crippen molar-refractivity contribution in [3.63, 3.8) is 0 Å². The average molecular weight is 223 g/mol. The summed E-state index contributed by atoms with van der Waals surface area (Å²) in [5.41, 5.74) is 2.15. The lowest BCUT2D eigenvalue weighted by Gasteiger charge is -2.22. The summed E-state index contributed by atoms with van der Waals surface area (Å²) in [7, 11) is 0. The normalized spacial score (nSPS) is 10.2. The summed E-state index contributed by atoms with van der Waals surface area (Å²) in [6.45, 7) is 7.10. The Hall–Kier alpha value is -1.29. The molecule has 1 heterocycles. The molecule has 0 saturated heterocycles. The van der Waals surface area contributed by atoms with Crippen molar-refractivity contribution in [3.05, 3.63) is 18.5 Å². The average Bonchev–Trinajstić information content (AvgIpc) is 2.31. The van der Waals surface area contributed by atoms with Crippen molar-refractivity contribution >= 4 is 11.4 Å². The van der Waals surface area contributed by atoms with Gasteiger partial charge in [0.1, 0.15) is 0 Å². The number of aromatic nitrogens is 1. The number of anilines is 2. The fraction of sp³-hybridized carbons (Fsp3) is 0.583. The summed E-state index contributed by atoms with van der Waals surface area (Å²) >= 11 is 0. The van der Waals surface area contributed by atoms with Crippen molar-refractivity contribution in [1.29, 1.82) is 0 Å². The van der Waals surface area contributed by atoms with Crippen LogP contribution < -0.4 is 10.2 Å². The molecule has 0 radical (unpaired) electrons. The molecule has 0 saturated carbocycles. The predicted molar refractivity (Wildman–Crippen MR) is 68.0 cm³/mol. The van der Waals surface area contributed by atoms with Gasteiger partial charge in [0.05, 0.1) is 23.8 Å². The summed E-state index contributed by atoms with van der Waals surface area (Å²) in [5, 5.41) is 12.1. The van der Waals surface area contributed by atoms with Gasteiger partial charge in [0.15, 0.2) is 0 Å². The highest BCUT2D eigenvalue weighted by Crippen LogP contribution is 2.17. The second-order valence-electron chi connectivity index (χ2n) is 3.62. The number of hydrogen-bond acceptors (Lipinski definition) is 4. The fourth-order valence-corrected chi connectivity index (χ4v) is 1.63. The van der Waals surface area contributed by atoms with Gasteiger partial charge in [-0.15, -0.1) is 0 Å². The molecule has 90 valence electrons. The van der Waals surface area contributed by atoms with Crippen molar-refractivity contribution in [2.75, 3.05) is 36.5 Å². The lowest BCUT2D eigenvalue weighted by Crippen LogP contribution is -2.24. The molecule has 0 aromatic carbocycles. The molecule has 0 aliphatic rings. The second kappa shape index (κ2) is 7.06. The van der Waals surface area contributed by atoms with Crippen molar-refractivity contribution in [1.82, 2.24) is 4.98 Å². The molecule has 2 N–H and O–H groups in total. The van der Waals surface area contributed by atoms with Gasteiger partial charge >= 0.3 is 0 Å². The third-order valence-corrected chi connectivity index (χ3v) is 2.44. The van der Waals surface area contributed by atoms with Crippen LogP contribution in [0.2, 0.25) is 0 Å². The quantitative estimate of drug-likeness (QED) is 0.739. The number of pyridine rings is 1. The van der Waals surface area contributed by atoms with Crippen LogP contribution in [0.5, 0.6) is 0 Å². The van der Waals surface area contributed by atoms with Gasteiger partial charge in [0, 0.05) is 26.2 Å². The van der Waals surface area contributed by atoms with E-state index in [0.29, 0.717) is 0 Å². The lowest BCUT2D eigenvalue weighted by molar-refractivity contribution is 0.289. The molecular formula is C12H21N3O. The van der Waals surface area contributed by atoms with E-state index in [1.54, 1.807) is 0 Å². The van der Waals surface area contributed by atoms with Gasteiger partial charge in [-0.05, 0) is 26.3 Å². The number of aliphatic hydroxyl groups is 1. The van der Waals surface area contributed by atoms with E-state index in [1.807, 2.05) is 12.4 Å². The van der Waals surface area contributed by atoms with Crippen LogP contribution in [0.25, 0.3) is 0 Å². The zero-order chi connectivity index (χ0) is 11.8. The first-order valence-electron chi connectivity index (χ1n) is 5.86. The molecular weight excluding hydrogens is 202 g/mol. The largest absolute Gasteiger partial charge is 0.396 e. The smallest absolute Gasteiger partial charge is 0.0573 e. The van der Waals surface area contributed by atoms with E-state index in [9.17, 15) is 0 Å². The second-order valence-corrected chi connectivity index (χ2v) is 3.62. The number of nitrogens with zero attached hydrogens (tertiary/aromatic N) is 2. The first-order valence-corrected chi connectivity index (χ1v) is 5.86. The summed E-state index contributed by atoms with van der Waals surface area (Å²) in [6.07, 6.45) is 4.48. The van der Waals surface area contributed by atoms with Gasteiger partial charge < -0.3 is 15.3 Å². The van der Waals surface area contributed by atoms with E-state index in [4.69, 9.17) is 5.11 Å². The molecule has 0 bridgehead atoms. The third kappa shape index (κ3) is 3.70. The molecule has 1 rings (SSSR count).